The van der Waals surface area contributed by atoms with E-state index in [9.17, 15) is 8.42 Å². The van der Waals surface area contributed by atoms with E-state index >= 15 is 0 Å². The summed E-state index contributed by atoms with van der Waals surface area (Å²) in [4.78, 5) is 0.175. The molecule has 0 aliphatic rings. The average Bonchev–Trinajstić information content (AvgIpc) is 3.17. The summed E-state index contributed by atoms with van der Waals surface area (Å²) in [6.45, 7) is 8.42. The Morgan fingerprint density at radius 1 is 1.14 bits per heavy atom. The predicted octanol–water partition coefficient (Wildman–Crippen LogP) is 2.88. The minimum Gasteiger partial charge on any atom is -0.497 e. The van der Waals surface area contributed by atoms with Crippen LogP contribution in [-0.4, -0.2) is 35.1 Å². The summed E-state index contributed by atoms with van der Waals surface area (Å²) in [7, 11) is -2.13. The van der Waals surface area contributed by atoms with Crippen LogP contribution >= 0.6 is 0 Å². The molecule has 0 saturated carbocycles. The second-order valence-corrected chi connectivity index (χ2v) is 8.22. The molecular weight excluding hydrogens is 378 g/mol. The number of aromatic nitrogens is 4. The quantitative estimate of drug-likeness (QED) is 0.655. The number of ether oxygens (including phenoxy) is 1. The largest absolute Gasteiger partial charge is 0.497 e. The zero-order chi connectivity index (χ0) is 20.5. The molecule has 1 N–H and O–H groups in total. The summed E-state index contributed by atoms with van der Waals surface area (Å²) >= 11 is 0. The SMILES string of the molecule is CCn1ncc(S(=O)(=O)Nc2c(C)nn(Cc3cccc(OC)c3)c2C)c1C. The zero-order valence-corrected chi connectivity index (χ0v) is 17.5. The van der Waals surface area contributed by atoms with Crippen molar-refractivity contribution in [3.63, 3.8) is 0 Å². The number of aryl methyl sites for hydroxylation is 2. The lowest BCUT2D eigenvalue weighted by Gasteiger charge is -2.10. The number of anilines is 1. The summed E-state index contributed by atoms with van der Waals surface area (Å²) in [5.41, 5.74) is 3.47. The first kappa shape index (κ1) is 19.9. The van der Waals surface area contributed by atoms with Crippen molar-refractivity contribution in [1.82, 2.24) is 19.6 Å². The molecule has 0 atom stereocenters. The Balaban J connectivity index is 1.90. The van der Waals surface area contributed by atoms with Crippen LogP contribution in [0.3, 0.4) is 0 Å². The van der Waals surface area contributed by atoms with Gasteiger partial charge in [-0.05, 0) is 45.4 Å². The Morgan fingerprint density at radius 2 is 1.89 bits per heavy atom. The van der Waals surface area contributed by atoms with Crippen LogP contribution in [-0.2, 0) is 23.1 Å². The van der Waals surface area contributed by atoms with E-state index in [1.807, 2.05) is 38.1 Å². The van der Waals surface area contributed by atoms with Gasteiger partial charge in [-0.3, -0.25) is 14.1 Å². The van der Waals surface area contributed by atoms with E-state index < -0.39 is 10.0 Å². The average molecular weight is 404 g/mol. The van der Waals surface area contributed by atoms with Crippen LogP contribution in [0.2, 0.25) is 0 Å². The van der Waals surface area contributed by atoms with Gasteiger partial charge < -0.3 is 4.74 Å². The number of benzene rings is 1. The molecule has 8 nitrogen and oxygen atoms in total. The number of nitrogens with zero attached hydrogens (tertiary/aromatic N) is 4. The van der Waals surface area contributed by atoms with Gasteiger partial charge in [0.15, 0.2) is 0 Å². The molecule has 9 heteroatoms. The number of hydrogen-bond donors (Lipinski definition) is 1. The molecule has 0 bridgehead atoms. The lowest BCUT2D eigenvalue weighted by molar-refractivity contribution is 0.414. The van der Waals surface area contributed by atoms with E-state index in [0.717, 1.165) is 17.0 Å². The fraction of sp³-hybridized carbons (Fsp3) is 0.368. The lowest BCUT2D eigenvalue weighted by atomic mass is 10.2. The third-order valence-electron chi connectivity index (χ3n) is 4.73. The van der Waals surface area contributed by atoms with Gasteiger partial charge in [-0.2, -0.15) is 10.2 Å². The van der Waals surface area contributed by atoms with E-state index in [-0.39, 0.29) is 4.90 Å². The monoisotopic (exact) mass is 403 g/mol. The Hall–Kier alpha value is -2.81. The summed E-state index contributed by atoms with van der Waals surface area (Å²) in [6, 6.07) is 7.70. The van der Waals surface area contributed by atoms with Crippen LogP contribution in [0.5, 0.6) is 5.75 Å². The third-order valence-corrected chi connectivity index (χ3v) is 6.18. The predicted molar refractivity (Wildman–Crippen MR) is 107 cm³/mol. The molecule has 0 spiro atoms. The van der Waals surface area contributed by atoms with E-state index in [1.165, 1.54) is 6.20 Å². The van der Waals surface area contributed by atoms with Gasteiger partial charge in [0.25, 0.3) is 10.0 Å². The van der Waals surface area contributed by atoms with Gasteiger partial charge in [0.2, 0.25) is 0 Å². The van der Waals surface area contributed by atoms with Crippen molar-refractivity contribution in [2.75, 3.05) is 11.8 Å². The summed E-state index contributed by atoms with van der Waals surface area (Å²) in [5, 5.41) is 8.64. The van der Waals surface area contributed by atoms with Crippen molar-refractivity contribution in [1.29, 1.82) is 0 Å². The molecule has 0 radical (unpaired) electrons. The zero-order valence-electron chi connectivity index (χ0n) is 16.7. The number of nitrogens with one attached hydrogen (secondary N) is 1. The summed E-state index contributed by atoms with van der Waals surface area (Å²) in [5.74, 6) is 0.767. The highest BCUT2D eigenvalue weighted by atomic mass is 32.2. The molecule has 1 aromatic carbocycles. The van der Waals surface area contributed by atoms with Gasteiger partial charge >= 0.3 is 0 Å². The first-order valence-corrected chi connectivity index (χ1v) is 10.5. The van der Waals surface area contributed by atoms with Crippen molar-refractivity contribution >= 4 is 15.7 Å². The fourth-order valence-corrected chi connectivity index (χ4v) is 4.50. The molecule has 3 aromatic rings. The van der Waals surface area contributed by atoms with Crippen LogP contribution in [0.4, 0.5) is 5.69 Å². The van der Waals surface area contributed by atoms with E-state index in [1.54, 1.807) is 30.3 Å². The smallest absolute Gasteiger partial charge is 0.265 e. The molecule has 0 amide bonds. The maximum atomic E-state index is 12.9. The second-order valence-electron chi connectivity index (χ2n) is 6.57. The molecular formula is C19H25N5O3S. The Labute approximate surface area is 165 Å². The van der Waals surface area contributed by atoms with Crippen molar-refractivity contribution in [2.45, 2.75) is 45.7 Å². The maximum Gasteiger partial charge on any atom is 0.265 e. The number of rotatable bonds is 7. The first-order chi connectivity index (χ1) is 13.3. The number of methoxy groups -OCH3 is 1. The highest BCUT2D eigenvalue weighted by Gasteiger charge is 2.24. The van der Waals surface area contributed by atoms with Crippen molar-refractivity contribution < 1.29 is 13.2 Å². The fourth-order valence-electron chi connectivity index (χ4n) is 3.14. The van der Waals surface area contributed by atoms with Crippen LogP contribution in [0, 0.1) is 20.8 Å². The highest BCUT2D eigenvalue weighted by molar-refractivity contribution is 7.92. The van der Waals surface area contributed by atoms with E-state index in [0.29, 0.717) is 30.2 Å². The van der Waals surface area contributed by atoms with Crippen molar-refractivity contribution in [3.8, 4) is 5.75 Å². The minimum atomic E-state index is -3.76. The van der Waals surface area contributed by atoms with E-state index in [2.05, 4.69) is 14.9 Å². The van der Waals surface area contributed by atoms with Gasteiger partial charge in [-0.25, -0.2) is 8.42 Å². The Kier molecular flexibility index (Phi) is 5.46. The Morgan fingerprint density at radius 3 is 2.54 bits per heavy atom. The highest BCUT2D eigenvalue weighted by Crippen LogP contribution is 2.25. The van der Waals surface area contributed by atoms with Crippen molar-refractivity contribution in [3.05, 3.63) is 53.1 Å². The number of hydrogen-bond acceptors (Lipinski definition) is 5. The van der Waals surface area contributed by atoms with Gasteiger partial charge in [-0.1, -0.05) is 12.1 Å². The van der Waals surface area contributed by atoms with Crippen LogP contribution < -0.4 is 9.46 Å². The summed E-state index contributed by atoms with van der Waals surface area (Å²) < 4.78 is 37.2. The molecule has 0 unspecified atom stereocenters. The number of sulfonamides is 1. The minimum absolute atomic E-state index is 0.175. The van der Waals surface area contributed by atoms with Gasteiger partial charge in [0.05, 0.1) is 42.6 Å². The molecule has 2 aromatic heterocycles. The van der Waals surface area contributed by atoms with Gasteiger partial charge in [-0.15, -0.1) is 0 Å². The second kappa shape index (κ2) is 7.67. The van der Waals surface area contributed by atoms with Gasteiger partial charge in [0.1, 0.15) is 10.6 Å². The first-order valence-electron chi connectivity index (χ1n) is 8.99. The van der Waals surface area contributed by atoms with E-state index in [4.69, 9.17) is 4.74 Å². The maximum absolute atomic E-state index is 12.9. The molecule has 0 fully saturated rings. The molecule has 2 heterocycles. The van der Waals surface area contributed by atoms with Crippen molar-refractivity contribution in [2.24, 2.45) is 0 Å². The molecule has 0 aliphatic heterocycles. The molecule has 28 heavy (non-hydrogen) atoms. The standard InChI is InChI=1S/C19H25N5O3S/c1-6-23-14(3)18(11-20-23)28(25,26)22-19-13(2)21-24(15(19)4)12-16-8-7-9-17(10-16)27-5/h7-11,22H,6,12H2,1-5H3. The lowest BCUT2D eigenvalue weighted by Crippen LogP contribution is -2.15. The molecule has 3 rings (SSSR count). The summed E-state index contributed by atoms with van der Waals surface area (Å²) in [6.07, 6.45) is 1.38. The molecule has 0 saturated heterocycles. The molecule has 0 aliphatic carbocycles. The van der Waals surface area contributed by atoms with Gasteiger partial charge in [0, 0.05) is 6.54 Å². The van der Waals surface area contributed by atoms with Crippen LogP contribution in [0.25, 0.3) is 0 Å². The third kappa shape index (κ3) is 3.75. The van der Waals surface area contributed by atoms with Crippen LogP contribution in [0.1, 0.15) is 29.6 Å². The topological polar surface area (TPSA) is 91.0 Å². The molecule has 150 valence electrons. The Bertz CT molecular complexity index is 1100. The van der Waals surface area contributed by atoms with Crippen LogP contribution in [0.15, 0.2) is 35.4 Å². The normalized spacial score (nSPS) is 11.6.